The fraction of sp³-hybridized carbons (Fsp3) is 0.643. The molecule has 0 radical (unpaired) electrons. The molecule has 0 bridgehead atoms. The smallest absolute Gasteiger partial charge is 0.236 e. The monoisotopic (exact) mass is 315 g/mol. The van der Waals surface area contributed by atoms with Gasteiger partial charge in [-0.15, -0.1) is 11.3 Å². The van der Waals surface area contributed by atoms with Gasteiger partial charge in [-0.25, -0.2) is 0 Å². The van der Waals surface area contributed by atoms with Crippen LogP contribution in [-0.2, 0) is 4.79 Å². The molecule has 1 fully saturated rings. The highest BCUT2D eigenvalue weighted by molar-refractivity contribution is 7.16. The second kappa shape index (κ2) is 6.89. The van der Waals surface area contributed by atoms with E-state index in [9.17, 15) is 4.79 Å². The van der Waals surface area contributed by atoms with Crippen LogP contribution in [0.25, 0.3) is 0 Å². The maximum absolute atomic E-state index is 12.1. The topological polar surface area (TPSA) is 49.6 Å². The largest absolute Gasteiger partial charge is 0.345 e. The molecule has 1 aromatic rings. The molecule has 0 saturated carbocycles. The number of carbonyl (C=O) groups excluding carboxylic acids is 1. The molecule has 1 aliphatic rings. The van der Waals surface area contributed by atoms with Gasteiger partial charge in [-0.2, -0.15) is 0 Å². The molecule has 0 spiro atoms. The highest BCUT2D eigenvalue weighted by atomic mass is 35.5. The zero-order valence-electron chi connectivity index (χ0n) is 12.0. The van der Waals surface area contributed by atoms with Crippen LogP contribution in [0.4, 0.5) is 0 Å². The van der Waals surface area contributed by atoms with Crippen LogP contribution in [0.2, 0.25) is 4.34 Å². The van der Waals surface area contributed by atoms with Crippen LogP contribution < -0.4 is 5.73 Å². The summed E-state index contributed by atoms with van der Waals surface area (Å²) in [4.78, 5) is 17.3. The number of hydrogen-bond acceptors (Lipinski definition) is 4. The zero-order valence-corrected chi connectivity index (χ0v) is 13.6. The summed E-state index contributed by atoms with van der Waals surface area (Å²) in [7, 11) is 1.86. The third-order valence-corrected chi connectivity index (χ3v) is 5.16. The van der Waals surface area contributed by atoms with Crippen molar-refractivity contribution in [2.24, 2.45) is 5.73 Å². The first-order valence-corrected chi connectivity index (χ1v) is 8.21. The van der Waals surface area contributed by atoms with Crippen molar-refractivity contribution in [3.63, 3.8) is 0 Å². The minimum absolute atomic E-state index is 0.0147. The molecule has 4 nitrogen and oxygen atoms in total. The first kappa shape index (κ1) is 15.8. The van der Waals surface area contributed by atoms with Crippen LogP contribution in [-0.4, -0.2) is 48.4 Å². The summed E-state index contributed by atoms with van der Waals surface area (Å²) in [5.41, 5.74) is 6.32. The summed E-state index contributed by atoms with van der Waals surface area (Å²) in [6.07, 6.45) is 1.86. The molecule has 1 saturated heterocycles. The molecule has 2 rings (SSSR count). The summed E-state index contributed by atoms with van der Waals surface area (Å²) in [5.74, 6) is 0.165. The molecule has 1 aliphatic heterocycles. The number of halogens is 1. The van der Waals surface area contributed by atoms with Gasteiger partial charge in [0.25, 0.3) is 0 Å². The van der Waals surface area contributed by atoms with Gasteiger partial charge >= 0.3 is 0 Å². The van der Waals surface area contributed by atoms with Crippen LogP contribution in [0.1, 0.15) is 30.7 Å². The Hall–Kier alpha value is -0.620. The molecule has 0 aliphatic carbocycles. The number of rotatable bonds is 4. The number of carbonyl (C=O) groups is 1. The lowest BCUT2D eigenvalue weighted by molar-refractivity contribution is -0.130. The first-order valence-electron chi connectivity index (χ1n) is 7.01. The Balaban J connectivity index is 2.24. The van der Waals surface area contributed by atoms with Crippen molar-refractivity contribution in [1.29, 1.82) is 0 Å². The summed E-state index contributed by atoms with van der Waals surface area (Å²) in [6, 6.07) is 4.03. The molecular weight excluding hydrogens is 294 g/mol. The van der Waals surface area contributed by atoms with E-state index >= 15 is 0 Å². The van der Waals surface area contributed by atoms with E-state index in [1.54, 1.807) is 16.2 Å². The van der Waals surface area contributed by atoms with Gasteiger partial charge in [-0.1, -0.05) is 18.5 Å². The average Bonchev–Trinajstić information content (AvgIpc) is 2.76. The Morgan fingerprint density at radius 3 is 2.80 bits per heavy atom. The van der Waals surface area contributed by atoms with Crippen molar-refractivity contribution >= 4 is 28.8 Å². The maximum atomic E-state index is 12.1. The van der Waals surface area contributed by atoms with Gasteiger partial charge in [0, 0.05) is 31.1 Å². The van der Waals surface area contributed by atoms with E-state index in [-0.39, 0.29) is 18.0 Å². The molecule has 112 valence electrons. The van der Waals surface area contributed by atoms with E-state index < -0.39 is 0 Å². The van der Waals surface area contributed by atoms with Crippen molar-refractivity contribution in [3.8, 4) is 0 Å². The highest BCUT2D eigenvalue weighted by Gasteiger charge is 2.30. The molecule has 0 aromatic carbocycles. The van der Waals surface area contributed by atoms with Crippen molar-refractivity contribution in [2.75, 3.05) is 26.7 Å². The SMILES string of the molecule is CCC(N)C(c1ccc(Cl)s1)N1CCCN(C)C(=O)C1. The van der Waals surface area contributed by atoms with E-state index in [4.69, 9.17) is 17.3 Å². The Morgan fingerprint density at radius 1 is 1.45 bits per heavy atom. The fourth-order valence-corrected chi connectivity index (χ4v) is 3.89. The van der Waals surface area contributed by atoms with Crippen molar-refractivity contribution in [1.82, 2.24) is 9.80 Å². The molecule has 1 amide bonds. The van der Waals surface area contributed by atoms with Gasteiger partial charge in [-0.05, 0) is 25.0 Å². The minimum atomic E-state index is 0.0147. The van der Waals surface area contributed by atoms with E-state index in [0.717, 1.165) is 35.1 Å². The number of hydrogen-bond donors (Lipinski definition) is 1. The van der Waals surface area contributed by atoms with Crippen molar-refractivity contribution in [3.05, 3.63) is 21.3 Å². The van der Waals surface area contributed by atoms with E-state index in [0.29, 0.717) is 6.54 Å². The van der Waals surface area contributed by atoms with Crippen molar-refractivity contribution < 1.29 is 4.79 Å². The number of likely N-dealkylation sites (N-methyl/N-ethyl adjacent to an activating group) is 1. The fourth-order valence-electron chi connectivity index (χ4n) is 2.62. The predicted molar refractivity (Wildman–Crippen MR) is 84.2 cm³/mol. The lowest BCUT2D eigenvalue weighted by Gasteiger charge is -2.33. The summed E-state index contributed by atoms with van der Waals surface area (Å²) >= 11 is 7.62. The molecule has 2 unspecified atom stereocenters. The number of thiophene rings is 1. The van der Waals surface area contributed by atoms with Gasteiger partial charge in [0.2, 0.25) is 5.91 Å². The second-order valence-electron chi connectivity index (χ2n) is 5.30. The summed E-state index contributed by atoms with van der Waals surface area (Å²) in [5, 5.41) is 0. The lowest BCUT2D eigenvalue weighted by atomic mass is 10.0. The molecular formula is C14H22ClN3OS. The van der Waals surface area contributed by atoms with Crippen molar-refractivity contribution in [2.45, 2.75) is 31.8 Å². The Kier molecular flexibility index (Phi) is 5.43. The molecule has 2 atom stereocenters. The second-order valence-corrected chi connectivity index (χ2v) is 7.04. The Bertz CT molecular complexity index is 465. The number of amides is 1. The van der Waals surface area contributed by atoms with Gasteiger partial charge in [-0.3, -0.25) is 9.69 Å². The predicted octanol–water partition coefficient (Wildman–Crippen LogP) is 2.34. The molecule has 20 heavy (non-hydrogen) atoms. The van der Waals surface area contributed by atoms with E-state index in [1.165, 1.54) is 0 Å². The third kappa shape index (κ3) is 3.52. The summed E-state index contributed by atoms with van der Waals surface area (Å²) in [6.45, 7) is 4.22. The van der Waals surface area contributed by atoms with Crippen LogP contribution in [0.5, 0.6) is 0 Å². The zero-order chi connectivity index (χ0) is 14.7. The Labute approximate surface area is 129 Å². The third-order valence-electron chi connectivity index (χ3n) is 3.86. The molecule has 2 N–H and O–H groups in total. The molecule has 1 aromatic heterocycles. The normalized spacial score (nSPS) is 20.8. The maximum Gasteiger partial charge on any atom is 0.236 e. The van der Waals surface area contributed by atoms with Crippen LogP contribution in [0.3, 0.4) is 0 Å². The van der Waals surface area contributed by atoms with E-state index in [1.807, 2.05) is 19.2 Å². The first-order chi connectivity index (χ1) is 9.52. The van der Waals surface area contributed by atoms with E-state index in [2.05, 4.69) is 11.8 Å². The standard InChI is InChI=1S/C14H22ClN3OS/c1-3-10(16)14(11-5-6-12(15)20-11)18-8-4-7-17(2)13(19)9-18/h5-6,10,14H,3-4,7-9,16H2,1-2H3. The van der Waals surface area contributed by atoms with Gasteiger partial charge in [0.05, 0.1) is 16.9 Å². The molecule has 6 heteroatoms. The number of nitrogens with zero attached hydrogens (tertiary/aromatic N) is 2. The van der Waals surface area contributed by atoms with Gasteiger partial charge in [0.15, 0.2) is 0 Å². The van der Waals surface area contributed by atoms with Gasteiger partial charge in [0.1, 0.15) is 0 Å². The lowest BCUT2D eigenvalue weighted by Crippen LogP contribution is -2.43. The van der Waals surface area contributed by atoms with Gasteiger partial charge < -0.3 is 10.6 Å². The quantitative estimate of drug-likeness (QED) is 0.928. The summed E-state index contributed by atoms with van der Waals surface area (Å²) < 4.78 is 0.770. The Morgan fingerprint density at radius 2 is 2.20 bits per heavy atom. The average molecular weight is 316 g/mol. The van der Waals surface area contributed by atoms with Crippen LogP contribution in [0.15, 0.2) is 12.1 Å². The number of nitrogens with two attached hydrogens (primary N) is 1. The van der Waals surface area contributed by atoms with Crippen LogP contribution >= 0.6 is 22.9 Å². The molecule has 2 heterocycles. The minimum Gasteiger partial charge on any atom is -0.345 e. The van der Waals surface area contributed by atoms with Crippen LogP contribution in [0, 0.1) is 0 Å². The highest BCUT2D eigenvalue weighted by Crippen LogP contribution is 2.33.